The van der Waals surface area contributed by atoms with E-state index in [-0.39, 0.29) is 5.82 Å². The van der Waals surface area contributed by atoms with Crippen LogP contribution in [0.15, 0.2) is 18.2 Å². The number of aryl methyl sites for hydroxylation is 1. The van der Waals surface area contributed by atoms with Crippen molar-refractivity contribution >= 4 is 22.6 Å². The van der Waals surface area contributed by atoms with Crippen molar-refractivity contribution in [2.24, 2.45) is 11.8 Å². The van der Waals surface area contributed by atoms with E-state index in [0.29, 0.717) is 29.8 Å². The third-order valence-electron chi connectivity index (χ3n) is 5.10. The van der Waals surface area contributed by atoms with E-state index in [0.717, 1.165) is 23.7 Å². The Kier molecular flexibility index (Phi) is 4.21. The average Bonchev–Trinajstić information content (AvgIpc) is 3.01. The molecular formula is C17H22ClFN2. The van der Waals surface area contributed by atoms with Crippen molar-refractivity contribution in [3.8, 4) is 0 Å². The van der Waals surface area contributed by atoms with Gasteiger partial charge in [-0.1, -0.05) is 26.3 Å². The summed E-state index contributed by atoms with van der Waals surface area (Å²) in [6.07, 6.45) is 4.30. The van der Waals surface area contributed by atoms with E-state index >= 15 is 0 Å². The van der Waals surface area contributed by atoms with Crippen molar-refractivity contribution in [2.45, 2.75) is 45.6 Å². The van der Waals surface area contributed by atoms with Gasteiger partial charge < -0.3 is 4.57 Å². The molecule has 1 aliphatic carbocycles. The van der Waals surface area contributed by atoms with Gasteiger partial charge in [-0.3, -0.25) is 0 Å². The standard InChI is InChI=1S/C17H22ClFN2/c1-3-12-7-8-14(11(12)2)21-15-6-4-5-13(19)17(15)20-16(21)9-10-18/h4-6,11-12,14H,3,7-10H2,1-2H3. The van der Waals surface area contributed by atoms with Gasteiger partial charge in [0.1, 0.15) is 11.3 Å². The Morgan fingerprint density at radius 3 is 2.86 bits per heavy atom. The van der Waals surface area contributed by atoms with Crippen molar-refractivity contribution in [3.63, 3.8) is 0 Å². The smallest absolute Gasteiger partial charge is 0.151 e. The minimum absolute atomic E-state index is 0.236. The lowest BCUT2D eigenvalue weighted by Gasteiger charge is -2.23. The minimum atomic E-state index is -0.236. The van der Waals surface area contributed by atoms with E-state index < -0.39 is 0 Å². The zero-order chi connectivity index (χ0) is 15.0. The zero-order valence-corrected chi connectivity index (χ0v) is 13.4. The Morgan fingerprint density at radius 1 is 1.38 bits per heavy atom. The average molecular weight is 309 g/mol. The van der Waals surface area contributed by atoms with Gasteiger partial charge in [-0.25, -0.2) is 9.37 Å². The van der Waals surface area contributed by atoms with Gasteiger partial charge in [-0.15, -0.1) is 11.6 Å². The lowest BCUT2D eigenvalue weighted by atomic mass is 9.93. The summed E-state index contributed by atoms with van der Waals surface area (Å²) in [5.74, 6) is 2.57. The monoisotopic (exact) mass is 308 g/mol. The molecule has 1 fully saturated rings. The molecule has 4 heteroatoms. The second-order valence-electron chi connectivity index (χ2n) is 6.12. The number of para-hydroxylation sites is 1. The maximum absolute atomic E-state index is 14.0. The van der Waals surface area contributed by atoms with E-state index in [1.807, 2.05) is 6.07 Å². The number of halogens is 2. The number of benzene rings is 1. The van der Waals surface area contributed by atoms with Gasteiger partial charge in [0, 0.05) is 18.3 Å². The number of nitrogens with zero attached hydrogens (tertiary/aromatic N) is 2. The van der Waals surface area contributed by atoms with Gasteiger partial charge in [0.15, 0.2) is 5.82 Å². The van der Waals surface area contributed by atoms with Crippen molar-refractivity contribution in [3.05, 3.63) is 29.8 Å². The van der Waals surface area contributed by atoms with Crippen LogP contribution in [0.5, 0.6) is 0 Å². The Bertz CT molecular complexity index is 637. The number of fused-ring (bicyclic) bond motifs is 1. The first kappa shape index (κ1) is 14.8. The van der Waals surface area contributed by atoms with Gasteiger partial charge in [0.25, 0.3) is 0 Å². The van der Waals surface area contributed by atoms with Crippen molar-refractivity contribution in [1.29, 1.82) is 0 Å². The molecule has 3 atom stereocenters. The van der Waals surface area contributed by atoms with Gasteiger partial charge in [-0.05, 0) is 36.8 Å². The molecule has 1 aliphatic rings. The molecule has 0 amide bonds. The largest absolute Gasteiger partial charge is 0.324 e. The van der Waals surface area contributed by atoms with Gasteiger partial charge >= 0.3 is 0 Å². The third kappa shape index (κ3) is 2.46. The summed E-state index contributed by atoms with van der Waals surface area (Å²) in [6, 6.07) is 5.66. The van der Waals surface area contributed by atoms with Crippen molar-refractivity contribution in [2.75, 3.05) is 5.88 Å². The van der Waals surface area contributed by atoms with Crippen LogP contribution in [0.1, 0.15) is 45.0 Å². The second-order valence-corrected chi connectivity index (χ2v) is 6.49. The molecule has 1 saturated carbocycles. The molecule has 1 heterocycles. The van der Waals surface area contributed by atoms with E-state index in [2.05, 4.69) is 23.4 Å². The molecule has 21 heavy (non-hydrogen) atoms. The molecule has 3 unspecified atom stereocenters. The number of alkyl halides is 1. The number of aromatic nitrogens is 2. The molecule has 0 aliphatic heterocycles. The highest BCUT2D eigenvalue weighted by Gasteiger charge is 2.34. The van der Waals surface area contributed by atoms with Crippen molar-refractivity contribution < 1.29 is 4.39 Å². The van der Waals surface area contributed by atoms with Crippen LogP contribution in [0.4, 0.5) is 4.39 Å². The molecule has 0 saturated heterocycles. The molecular weight excluding hydrogens is 287 g/mol. The summed E-state index contributed by atoms with van der Waals surface area (Å²) in [7, 11) is 0. The first-order valence-electron chi connectivity index (χ1n) is 7.88. The van der Waals surface area contributed by atoms with Crippen LogP contribution in [0.3, 0.4) is 0 Å². The molecule has 0 spiro atoms. The van der Waals surface area contributed by atoms with Crippen LogP contribution in [0.2, 0.25) is 0 Å². The molecule has 2 aromatic rings. The predicted octanol–water partition coefficient (Wildman–Crippen LogP) is 4.95. The summed E-state index contributed by atoms with van der Waals surface area (Å²) in [4.78, 5) is 4.54. The molecule has 1 aromatic carbocycles. The first-order valence-corrected chi connectivity index (χ1v) is 8.42. The Hall–Kier alpha value is -1.09. The summed E-state index contributed by atoms with van der Waals surface area (Å²) >= 11 is 5.93. The van der Waals surface area contributed by atoms with Gasteiger partial charge in [0.05, 0.1) is 5.52 Å². The highest BCUT2D eigenvalue weighted by Crippen LogP contribution is 2.43. The molecule has 114 valence electrons. The van der Waals surface area contributed by atoms with Crippen LogP contribution in [0.25, 0.3) is 11.0 Å². The summed E-state index contributed by atoms with van der Waals surface area (Å²) in [6.45, 7) is 4.58. The molecule has 2 nitrogen and oxygen atoms in total. The van der Waals surface area contributed by atoms with E-state index in [4.69, 9.17) is 11.6 Å². The van der Waals surface area contributed by atoms with E-state index in [1.165, 1.54) is 18.9 Å². The number of imidazole rings is 1. The fourth-order valence-electron chi connectivity index (χ4n) is 3.93. The second kappa shape index (κ2) is 5.96. The van der Waals surface area contributed by atoms with Crippen LogP contribution in [0, 0.1) is 17.7 Å². The van der Waals surface area contributed by atoms with Crippen LogP contribution in [-0.4, -0.2) is 15.4 Å². The normalized spacial score (nSPS) is 25.8. The van der Waals surface area contributed by atoms with E-state index in [1.54, 1.807) is 6.07 Å². The maximum atomic E-state index is 14.0. The van der Waals surface area contributed by atoms with Crippen LogP contribution < -0.4 is 0 Å². The highest BCUT2D eigenvalue weighted by molar-refractivity contribution is 6.17. The predicted molar refractivity (Wildman–Crippen MR) is 85.3 cm³/mol. The minimum Gasteiger partial charge on any atom is -0.324 e. The fraction of sp³-hybridized carbons (Fsp3) is 0.588. The molecule has 0 radical (unpaired) electrons. The molecule has 3 rings (SSSR count). The highest BCUT2D eigenvalue weighted by atomic mass is 35.5. The molecule has 0 bridgehead atoms. The lowest BCUT2D eigenvalue weighted by Crippen LogP contribution is -2.18. The Balaban J connectivity index is 2.12. The molecule has 0 N–H and O–H groups in total. The number of hydrogen-bond donors (Lipinski definition) is 0. The maximum Gasteiger partial charge on any atom is 0.151 e. The fourth-order valence-corrected chi connectivity index (χ4v) is 4.10. The van der Waals surface area contributed by atoms with Crippen molar-refractivity contribution in [1.82, 2.24) is 9.55 Å². The van der Waals surface area contributed by atoms with E-state index in [9.17, 15) is 4.39 Å². The summed E-state index contributed by atoms with van der Waals surface area (Å²) in [5.41, 5.74) is 1.41. The lowest BCUT2D eigenvalue weighted by molar-refractivity contribution is 0.329. The zero-order valence-electron chi connectivity index (χ0n) is 12.6. The third-order valence-corrected chi connectivity index (χ3v) is 5.29. The van der Waals surface area contributed by atoms with Gasteiger partial charge in [0.2, 0.25) is 0 Å². The molecule has 1 aromatic heterocycles. The number of hydrogen-bond acceptors (Lipinski definition) is 1. The quantitative estimate of drug-likeness (QED) is 0.730. The number of rotatable bonds is 4. The van der Waals surface area contributed by atoms with Crippen LogP contribution in [-0.2, 0) is 6.42 Å². The summed E-state index contributed by atoms with van der Waals surface area (Å²) in [5, 5.41) is 0. The Labute approximate surface area is 130 Å². The van der Waals surface area contributed by atoms with Crippen LogP contribution >= 0.6 is 11.6 Å². The van der Waals surface area contributed by atoms with Gasteiger partial charge in [-0.2, -0.15) is 0 Å². The topological polar surface area (TPSA) is 17.8 Å². The first-order chi connectivity index (χ1) is 10.2. The SMILES string of the molecule is CCC1CCC(n2c(CCCl)nc3c(F)cccc32)C1C. The Morgan fingerprint density at radius 2 is 2.19 bits per heavy atom. The summed E-state index contributed by atoms with van der Waals surface area (Å²) < 4.78 is 16.3.